The van der Waals surface area contributed by atoms with Crippen molar-refractivity contribution in [1.29, 1.82) is 0 Å². The van der Waals surface area contributed by atoms with Gasteiger partial charge in [-0.3, -0.25) is 0 Å². The summed E-state index contributed by atoms with van der Waals surface area (Å²) in [4.78, 5) is 15.1. The fourth-order valence-corrected chi connectivity index (χ4v) is 1.01. The van der Waals surface area contributed by atoms with Crippen LogP contribution < -0.4 is 5.32 Å². The van der Waals surface area contributed by atoms with Crippen molar-refractivity contribution in [2.75, 3.05) is 20.8 Å². The van der Waals surface area contributed by atoms with Gasteiger partial charge in [-0.1, -0.05) is 0 Å². The third kappa shape index (κ3) is 2.18. The predicted molar refractivity (Wildman–Crippen MR) is 47.7 cm³/mol. The lowest BCUT2D eigenvalue weighted by molar-refractivity contribution is -0.142. The molecule has 0 saturated carbocycles. The van der Waals surface area contributed by atoms with Gasteiger partial charge in [-0.15, -0.1) is 0 Å². The Hall–Kier alpha value is -1.10. The molecule has 1 N–H and O–H groups in total. The van der Waals surface area contributed by atoms with Gasteiger partial charge in [0, 0.05) is 0 Å². The van der Waals surface area contributed by atoms with Crippen LogP contribution in [0.2, 0.25) is 0 Å². The summed E-state index contributed by atoms with van der Waals surface area (Å²) in [5.74, 6) is 0.219. The Bertz CT molecular complexity index is 227. The summed E-state index contributed by atoms with van der Waals surface area (Å²) in [6.07, 6.45) is 0. The van der Waals surface area contributed by atoms with E-state index in [1.54, 1.807) is 0 Å². The van der Waals surface area contributed by atoms with Crippen LogP contribution in [0, 0.1) is 0 Å². The lowest BCUT2D eigenvalue weighted by Gasteiger charge is -2.07. The summed E-state index contributed by atoms with van der Waals surface area (Å²) in [6.45, 7) is 2.20. The van der Waals surface area contributed by atoms with Gasteiger partial charge in [0.2, 0.25) is 5.90 Å². The monoisotopic (exact) mass is 186 g/mol. The van der Waals surface area contributed by atoms with Gasteiger partial charge in [0.05, 0.1) is 13.2 Å². The lowest BCUT2D eigenvalue weighted by atomic mass is 10.3. The Balaban J connectivity index is 2.58. The van der Waals surface area contributed by atoms with Crippen LogP contribution in [0.4, 0.5) is 0 Å². The molecule has 2 atom stereocenters. The fraction of sp³-hybridized carbons (Fsp3) is 0.750. The molecule has 5 nitrogen and oxygen atoms in total. The highest BCUT2D eigenvalue weighted by molar-refractivity contribution is 5.88. The van der Waals surface area contributed by atoms with Crippen LogP contribution in [0.5, 0.6) is 0 Å². The topological polar surface area (TPSA) is 59.9 Å². The first-order valence-corrected chi connectivity index (χ1v) is 4.14. The summed E-state index contributed by atoms with van der Waals surface area (Å²) < 4.78 is 9.78. The Morgan fingerprint density at radius 3 is 3.08 bits per heavy atom. The molecular formula is C8H14N2O3. The van der Waals surface area contributed by atoms with Gasteiger partial charge in [0.1, 0.15) is 6.61 Å². The normalized spacial score (nSPS) is 23.3. The van der Waals surface area contributed by atoms with Crippen LogP contribution in [0.15, 0.2) is 4.99 Å². The highest BCUT2D eigenvalue weighted by Gasteiger charge is 2.28. The van der Waals surface area contributed by atoms with Crippen LogP contribution in [-0.2, 0) is 14.3 Å². The molecule has 0 spiro atoms. The molecule has 0 aromatic carbocycles. The first-order valence-electron chi connectivity index (χ1n) is 4.14. The van der Waals surface area contributed by atoms with Gasteiger partial charge in [-0.05, 0) is 14.0 Å². The highest BCUT2D eigenvalue weighted by atomic mass is 16.5. The van der Waals surface area contributed by atoms with Gasteiger partial charge in [-0.2, -0.15) is 0 Å². The number of hydrogen-bond acceptors (Lipinski definition) is 5. The zero-order valence-electron chi connectivity index (χ0n) is 8.03. The van der Waals surface area contributed by atoms with Crippen LogP contribution in [0.1, 0.15) is 6.92 Å². The summed E-state index contributed by atoms with van der Waals surface area (Å²) in [5, 5.41) is 2.98. The molecule has 0 aromatic heterocycles. The summed E-state index contributed by atoms with van der Waals surface area (Å²) in [7, 11) is 3.15. The van der Waals surface area contributed by atoms with E-state index in [0.29, 0.717) is 5.90 Å². The molecule has 1 aliphatic rings. The van der Waals surface area contributed by atoms with Crippen LogP contribution >= 0.6 is 0 Å². The minimum absolute atomic E-state index is 0.0367. The Morgan fingerprint density at radius 2 is 2.54 bits per heavy atom. The molecule has 5 heteroatoms. The predicted octanol–water partition coefficient (Wildman–Crippen LogP) is -0.435. The minimum atomic E-state index is -0.490. The van der Waals surface area contributed by atoms with Crippen molar-refractivity contribution in [3.05, 3.63) is 0 Å². The maximum absolute atomic E-state index is 11.0. The zero-order valence-corrected chi connectivity index (χ0v) is 8.03. The average Bonchev–Trinajstić information content (AvgIpc) is 2.64. The first-order chi connectivity index (χ1) is 6.19. The number of esters is 1. The molecule has 74 valence electrons. The van der Waals surface area contributed by atoms with Gasteiger partial charge in [0.25, 0.3) is 0 Å². The molecule has 13 heavy (non-hydrogen) atoms. The van der Waals surface area contributed by atoms with Gasteiger partial charge in [0.15, 0.2) is 6.04 Å². The maximum Gasteiger partial charge on any atom is 0.334 e. The smallest absolute Gasteiger partial charge is 0.334 e. The molecule has 0 saturated heterocycles. The summed E-state index contributed by atoms with van der Waals surface area (Å²) in [6, 6.07) is -0.453. The van der Waals surface area contributed by atoms with Gasteiger partial charge >= 0.3 is 5.97 Å². The van der Waals surface area contributed by atoms with E-state index in [0.717, 1.165) is 0 Å². The molecule has 0 aliphatic carbocycles. The number of hydrogen-bond donors (Lipinski definition) is 1. The van der Waals surface area contributed by atoms with E-state index in [2.05, 4.69) is 15.0 Å². The molecule has 1 aliphatic heterocycles. The molecule has 0 bridgehead atoms. The number of rotatable bonds is 3. The largest absolute Gasteiger partial charge is 0.477 e. The standard InChI is InChI=1S/C8H14N2O3/c1-5(9-2)7-10-6(4-13-7)8(11)12-3/h5-6,9H,4H2,1-3H3. The van der Waals surface area contributed by atoms with E-state index in [1.165, 1.54) is 7.11 Å². The SMILES string of the molecule is CNC(C)C1=NC(C(=O)OC)CO1. The van der Waals surface area contributed by atoms with Crippen molar-refractivity contribution >= 4 is 11.9 Å². The third-order valence-corrected chi connectivity index (χ3v) is 1.95. The maximum atomic E-state index is 11.0. The zero-order chi connectivity index (χ0) is 9.84. The second kappa shape index (κ2) is 4.23. The van der Waals surface area contributed by atoms with Crippen LogP contribution in [0.3, 0.4) is 0 Å². The number of aliphatic imine (C=N–C) groups is 1. The molecule has 2 unspecified atom stereocenters. The first kappa shape index (κ1) is 9.98. The fourth-order valence-electron chi connectivity index (χ4n) is 1.01. The summed E-state index contributed by atoms with van der Waals surface area (Å²) >= 11 is 0. The second-order valence-corrected chi connectivity index (χ2v) is 2.83. The Morgan fingerprint density at radius 1 is 1.85 bits per heavy atom. The van der Waals surface area contributed by atoms with E-state index in [1.807, 2.05) is 14.0 Å². The lowest BCUT2D eigenvalue weighted by Crippen LogP contribution is -2.30. The van der Waals surface area contributed by atoms with E-state index in [-0.39, 0.29) is 18.6 Å². The van der Waals surface area contributed by atoms with Crippen molar-refractivity contribution in [3.63, 3.8) is 0 Å². The number of nitrogens with zero attached hydrogens (tertiary/aromatic N) is 1. The van der Waals surface area contributed by atoms with E-state index < -0.39 is 6.04 Å². The molecule has 1 rings (SSSR count). The molecule has 0 amide bonds. The number of carbonyl (C=O) groups excluding carboxylic acids is 1. The van der Waals surface area contributed by atoms with E-state index in [9.17, 15) is 4.79 Å². The van der Waals surface area contributed by atoms with E-state index in [4.69, 9.17) is 4.74 Å². The Kier molecular flexibility index (Phi) is 3.25. The van der Waals surface area contributed by atoms with Crippen LogP contribution in [0.25, 0.3) is 0 Å². The second-order valence-electron chi connectivity index (χ2n) is 2.83. The molecule has 0 radical (unpaired) electrons. The Labute approximate surface area is 77.1 Å². The summed E-state index contributed by atoms with van der Waals surface area (Å²) in [5.41, 5.74) is 0. The molecular weight excluding hydrogens is 172 g/mol. The van der Waals surface area contributed by atoms with Crippen molar-refractivity contribution in [2.24, 2.45) is 4.99 Å². The molecule has 1 heterocycles. The van der Waals surface area contributed by atoms with Crippen molar-refractivity contribution in [2.45, 2.75) is 19.0 Å². The van der Waals surface area contributed by atoms with Crippen molar-refractivity contribution < 1.29 is 14.3 Å². The highest BCUT2D eigenvalue weighted by Crippen LogP contribution is 2.08. The van der Waals surface area contributed by atoms with Crippen molar-refractivity contribution in [1.82, 2.24) is 5.32 Å². The number of carbonyl (C=O) groups is 1. The van der Waals surface area contributed by atoms with Crippen molar-refractivity contribution in [3.8, 4) is 0 Å². The number of nitrogens with one attached hydrogen (secondary N) is 1. The minimum Gasteiger partial charge on any atom is -0.477 e. The number of likely N-dealkylation sites (N-methyl/N-ethyl adjacent to an activating group) is 1. The number of ether oxygens (including phenoxy) is 2. The molecule has 0 aromatic rings. The van der Waals surface area contributed by atoms with E-state index >= 15 is 0 Å². The van der Waals surface area contributed by atoms with Crippen LogP contribution in [-0.4, -0.2) is 44.7 Å². The molecule has 0 fully saturated rings. The average molecular weight is 186 g/mol. The third-order valence-electron chi connectivity index (χ3n) is 1.95. The number of methoxy groups -OCH3 is 1. The quantitative estimate of drug-likeness (QED) is 0.607. The van der Waals surface area contributed by atoms with Gasteiger partial charge in [-0.25, -0.2) is 9.79 Å². The van der Waals surface area contributed by atoms with Gasteiger partial charge < -0.3 is 14.8 Å².